The monoisotopic (exact) mass is 831 g/mol. The van der Waals surface area contributed by atoms with Crippen LogP contribution >= 0.6 is 11.6 Å². The Balaban J connectivity index is 0.000000147. The minimum Gasteiger partial charge on any atom is -0.379 e. The van der Waals surface area contributed by atoms with E-state index in [4.69, 9.17) is 26.1 Å². The molecule has 60 heavy (non-hydrogen) atoms. The number of nitrogens with one attached hydrogen (secondary N) is 3. The number of anilines is 4. The van der Waals surface area contributed by atoms with Gasteiger partial charge in [-0.3, -0.25) is 14.5 Å². The molecule has 0 bridgehead atoms. The molecule has 3 N–H and O–H groups in total. The summed E-state index contributed by atoms with van der Waals surface area (Å²) in [5.74, 6) is 2.62. The number of hydrogen-bond donors (Lipinski definition) is 3. The van der Waals surface area contributed by atoms with Gasteiger partial charge in [0.05, 0.1) is 72.2 Å². The molecule has 0 spiro atoms. The van der Waals surface area contributed by atoms with Crippen LogP contribution in [0, 0.1) is 0 Å². The zero-order chi connectivity index (χ0) is 40.4. The molecular weight excluding hydrogens is 778 g/mol. The van der Waals surface area contributed by atoms with E-state index in [-0.39, 0.29) is 0 Å². The van der Waals surface area contributed by atoms with Crippen LogP contribution in [-0.2, 0) is 29.4 Å². The first-order valence-electron chi connectivity index (χ1n) is 21.8. The van der Waals surface area contributed by atoms with Crippen LogP contribution in [0.2, 0.25) is 5.15 Å². The van der Waals surface area contributed by atoms with Crippen molar-refractivity contribution in [1.82, 2.24) is 49.5 Å². The maximum Gasteiger partial charge on any atom is 0.139 e. The highest BCUT2D eigenvalue weighted by molar-refractivity contribution is 6.29. The van der Waals surface area contributed by atoms with Crippen molar-refractivity contribution >= 4 is 34.7 Å². The Hall–Kier alpha value is -4.80. The number of fused-ring (bicyclic) bond motifs is 6. The van der Waals surface area contributed by atoms with Crippen molar-refractivity contribution in [2.24, 2.45) is 7.05 Å². The zero-order valence-electron chi connectivity index (χ0n) is 34.3. The summed E-state index contributed by atoms with van der Waals surface area (Å²) in [6, 6.07) is 10.3. The van der Waals surface area contributed by atoms with Crippen LogP contribution in [0.15, 0.2) is 49.3 Å². The second-order valence-corrected chi connectivity index (χ2v) is 17.3. The molecular formula is C44H54ClN13O2. The number of pyridine rings is 2. The average molecular weight is 832 g/mol. The van der Waals surface area contributed by atoms with Crippen LogP contribution in [-0.4, -0.2) is 126 Å². The first-order chi connectivity index (χ1) is 29.5. The standard InChI is InChI=1S/C24H30N8O.C20H24ClN5O/c1-31-14-18(13-27-31)28-21-7-2-16-12-20-22(23(16)30-21)24(26-15-25-20)29-17-3-5-19(6-4-17)32-8-10-33-11-9-32;21-17-6-1-13-11-16-18(19(13)25-17)20(23-12-22-16)24-14-2-4-15(5-3-14)26-7-9-27-10-8-26/h2,7,13-15,17,19H,3-6,8-12H2,1H3,(H,28,30)(H,25,26,29);1,6,12,14-15H,2-5,7-11H2,(H,22,23,24). The summed E-state index contributed by atoms with van der Waals surface area (Å²) >= 11 is 6.14. The summed E-state index contributed by atoms with van der Waals surface area (Å²) in [5.41, 5.74) is 9.38. The molecule has 0 radical (unpaired) electrons. The summed E-state index contributed by atoms with van der Waals surface area (Å²) < 4.78 is 12.8. The molecule has 5 aromatic heterocycles. The number of aryl methyl sites for hydroxylation is 1. The van der Waals surface area contributed by atoms with Crippen LogP contribution < -0.4 is 16.0 Å². The Labute approximate surface area is 356 Å². The minimum atomic E-state index is 0.432. The lowest BCUT2D eigenvalue weighted by Gasteiger charge is -2.39. The van der Waals surface area contributed by atoms with Crippen LogP contribution in [0.3, 0.4) is 0 Å². The lowest BCUT2D eigenvalue weighted by Crippen LogP contribution is -2.46. The zero-order valence-corrected chi connectivity index (χ0v) is 35.1. The first-order valence-corrected chi connectivity index (χ1v) is 22.1. The van der Waals surface area contributed by atoms with Crippen LogP contribution in [0.4, 0.5) is 23.1 Å². The molecule has 15 nitrogen and oxygen atoms in total. The third-order valence-electron chi connectivity index (χ3n) is 13.1. The fraction of sp³-hybridized carbons (Fsp3) is 0.523. The van der Waals surface area contributed by atoms with Crippen LogP contribution in [0.1, 0.15) is 73.9 Å². The second kappa shape index (κ2) is 17.7. The van der Waals surface area contributed by atoms with Gasteiger partial charge in [0.25, 0.3) is 0 Å². The molecule has 2 saturated carbocycles. The lowest BCUT2D eigenvalue weighted by molar-refractivity contribution is 0.00788. The third kappa shape index (κ3) is 8.55. The fourth-order valence-corrected chi connectivity index (χ4v) is 10.2. The number of nitrogens with zero attached hydrogens (tertiary/aromatic N) is 10. The number of morpholine rings is 2. The van der Waals surface area contributed by atoms with E-state index in [1.54, 1.807) is 23.5 Å². The van der Waals surface area contributed by atoms with Crippen molar-refractivity contribution in [2.45, 2.75) is 88.4 Å². The van der Waals surface area contributed by atoms with Gasteiger partial charge in [0.15, 0.2) is 0 Å². The molecule has 314 valence electrons. The maximum absolute atomic E-state index is 6.14. The van der Waals surface area contributed by atoms with Gasteiger partial charge in [-0.2, -0.15) is 5.10 Å². The molecule has 0 aromatic carbocycles. The van der Waals surface area contributed by atoms with Gasteiger partial charge in [0.2, 0.25) is 0 Å². The summed E-state index contributed by atoms with van der Waals surface area (Å²) in [5, 5.41) is 15.5. The summed E-state index contributed by atoms with van der Waals surface area (Å²) in [4.78, 5) is 32.9. The van der Waals surface area contributed by atoms with E-state index < -0.39 is 0 Å². The van der Waals surface area contributed by atoms with E-state index in [0.29, 0.717) is 29.3 Å². The van der Waals surface area contributed by atoms with Gasteiger partial charge in [-0.1, -0.05) is 23.7 Å². The fourth-order valence-electron chi connectivity index (χ4n) is 10.0. The van der Waals surface area contributed by atoms with Gasteiger partial charge in [-0.15, -0.1) is 0 Å². The average Bonchev–Trinajstić information content (AvgIpc) is 4.00. The molecule has 4 aliphatic carbocycles. The minimum absolute atomic E-state index is 0.432. The summed E-state index contributed by atoms with van der Waals surface area (Å²) in [7, 11) is 1.90. The van der Waals surface area contributed by atoms with Crippen molar-refractivity contribution < 1.29 is 9.47 Å². The van der Waals surface area contributed by atoms with Crippen molar-refractivity contribution in [3.05, 3.63) is 77.0 Å². The number of halogens is 1. The first kappa shape index (κ1) is 39.3. The SMILES string of the molecule is Clc1ccc2c(n1)-c1c(ncnc1NC1CCC(N3CCOCC3)CC1)C2.Cn1cc(Nc2ccc3c(n2)-c2c(ncnc2NC2CCC(N4CCOCC4)CC2)C3)cn1. The van der Waals surface area contributed by atoms with Crippen molar-refractivity contribution in [3.8, 4) is 22.5 Å². The highest BCUT2D eigenvalue weighted by atomic mass is 35.5. The van der Waals surface area contributed by atoms with E-state index in [1.165, 1.54) is 36.8 Å². The Morgan fingerprint density at radius 1 is 0.633 bits per heavy atom. The van der Waals surface area contributed by atoms with Crippen molar-refractivity contribution in [2.75, 3.05) is 68.6 Å². The Morgan fingerprint density at radius 3 is 1.67 bits per heavy atom. The second-order valence-electron chi connectivity index (χ2n) is 16.9. The number of aromatic nitrogens is 8. The van der Waals surface area contributed by atoms with Gasteiger partial charge in [0.1, 0.15) is 35.3 Å². The third-order valence-corrected chi connectivity index (χ3v) is 13.4. The lowest BCUT2D eigenvalue weighted by atomic mass is 9.90. The van der Waals surface area contributed by atoms with Gasteiger partial charge in [0, 0.05) is 76.4 Å². The van der Waals surface area contributed by atoms with Crippen LogP contribution in [0.5, 0.6) is 0 Å². The predicted octanol–water partition coefficient (Wildman–Crippen LogP) is 6.13. The molecule has 11 rings (SSSR count). The number of hydrogen-bond acceptors (Lipinski definition) is 14. The highest BCUT2D eigenvalue weighted by Crippen LogP contribution is 2.41. The molecule has 16 heteroatoms. The molecule has 5 aromatic rings. The Bertz CT molecular complexity index is 2280. The van der Waals surface area contributed by atoms with Gasteiger partial charge in [-0.25, -0.2) is 29.9 Å². The van der Waals surface area contributed by atoms with E-state index in [2.05, 4.69) is 61.8 Å². The number of rotatable bonds is 8. The molecule has 2 saturated heterocycles. The van der Waals surface area contributed by atoms with E-state index in [9.17, 15) is 0 Å². The van der Waals surface area contributed by atoms with Crippen LogP contribution in [0.25, 0.3) is 22.5 Å². The molecule has 4 fully saturated rings. The normalized spacial score (nSPS) is 23.7. The van der Waals surface area contributed by atoms with E-state index >= 15 is 0 Å². The highest BCUT2D eigenvalue weighted by Gasteiger charge is 2.32. The van der Waals surface area contributed by atoms with Crippen molar-refractivity contribution in [1.29, 1.82) is 0 Å². The number of ether oxygens (including phenoxy) is 2. The summed E-state index contributed by atoms with van der Waals surface area (Å²) in [6.45, 7) is 7.78. The quantitative estimate of drug-likeness (QED) is 0.151. The molecule has 0 amide bonds. The van der Waals surface area contributed by atoms with Gasteiger partial charge in [-0.05, 0) is 74.6 Å². The predicted molar refractivity (Wildman–Crippen MR) is 232 cm³/mol. The van der Waals surface area contributed by atoms with Crippen molar-refractivity contribution in [3.63, 3.8) is 0 Å². The molecule has 0 unspecified atom stereocenters. The topological polar surface area (TPSA) is 156 Å². The summed E-state index contributed by atoms with van der Waals surface area (Å²) in [6.07, 6.45) is 18.2. The van der Waals surface area contributed by atoms with E-state index in [0.717, 1.165) is 148 Å². The maximum atomic E-state index is 6.14. The molecule has 7 heterocycles. The largest absolute Gasteiger partial charge is 0.379 e. The molecule has 2 aliphatic heterocycles. The Morgan fingerprint density at radius 2 is 1.15 bits per heavy atom. The van der Waals surface area contributed by atoms with E-state index in [1.807, 2.05) is 31.4 Å². The van der Waals surface area contributed by atoms with Gasteiger partial charge < -0.3 is 25.4 Å². The Kier molecular flexibility index (Phi) is 11.6. The van der Waals surface area contributed by atoms with Gasteiger partial charge >= 0.3 is 0 Å². The molecule has 6 aliphatic rings. The smallest absolute Gasteiger partial charge is 0.139 e. The molecule has 0 atom stereocenters.